The average molecular weight is 451 g/mol. The molecule has 0 aliphatic carbocycles. The molecule has 2 aromatic carbocycles. The van der Waals surface area contributed by atoms with E-state index in [0.29, 0.717) is 39.9 Å². The number of anilines is 1. The second kappa shape index (κ2) is 10.0. The third-order valence-corrected chi connectivity index (χ3v) is 5.71. The van der Waals surface area contributed by atoms with Crippen LogP contribution in [0.25, 0.3) is 0 Å². The Morgan fingerprint density at radius 1 is 1.17 bits per heavy atom. The molecule has 152 valence electrons. The van der Waals surface area contributed by atoms with Crippen molar-refractivity contribution in [3.05, 3.63) is 63.9 Å². The summed E-state index contributed by atoms with van der Waals surface area (Å²) >= 11 is 13.2. The number of nitrogens with one attached hydrogen (secondary N) is 1. The Kier molecular flexibility index (Phi) is 7.41. The highest BCUT2D eigenvalue weighted by Crippen LogP contribution is 2.25. The van der Waals surface area contributed by atoms with E-state index in [1.807, 2.05) is 42.7 Å². The summed E-state index contributed by atoms with van der Waals surface area (Å²) in [4.78, 5) is 12.2. The Balaban J connectivity index is 1.58. The molecule has 0 radical (unpaired) electrons. The molecule has 0 aliphatic heterocycles. The molecule has 6 nitrogen and oxygen atoms in total. The van der Waals surface area contributed by atoms with Crippen molar-refractivity contribution in [2.75, 3.05) is 11.1 Å². The van der Waals surface area contributed by atoms with Crippen molar-refractivity contribution in [2.24, 2.45) is 0 Å². The van der Waals surface area contributed by atoms with Gasteiger partial charge >= 0.3 is 0 Å². The molecule has 3 rings (SSSR count). The summed E-state index contributed by atoms with van der Waals surface area (Å²) in [6.45, 7) is 5.00. The number of hydrogen-bond acceptors (Lipinski definition) is 5. The van der Waals surface area contributed by atoms with E-state index in [4.69, 9.17) is 27.9 Å². The number of amides is 1. The van der Waals surface area contributed by atoms with Crippen LogP contribution < -0.4 is 10.1 Å². The minimum atomic E-state index is -0.170. The van der Waals surface area contributed by atoms with Crippen molar-refractivity contribution >= 4 is 46.6 Å². The van der Waals surface area contributed by atoms with Gasteiger partial charge in [0.05, 0.1) is 15.8 Å². The summed E-state index contributed by atoms with van der Waals surface area (Å²) in [5.74, 6) is 1.51. The minimum absolute atomic E-state index is 0.170. The molecule has 1 amide bonds. The summed E-state index contributed by atoms with van der Waals surface area (Å²) in [6, 6.07) is 12.8. The molecule has 0 unspecified atom stereocenters. The number of hydrogen-bond donors (Lipinski definition) is 1. The molecule has 0 fully saturated rings. The standard InChI is InChI=1S/C20H20Cl2N4O2S/c1-3-26-18(11-28-15-6-4-5-13(2)9-15)24-25-20(26)29-12-19(27)23-14-7-8-16(21)17(22)10-14/h4-10H,3,11-12H2,1-2H3,(H,23,27). The fourth-order valence-electron chi connectivity index (χ4n) is 2.60. The Bertz CT molecular complexity index is 1010. The number of thioether (sulfide) groups is 1. The lowest BCUT2D eigenvalue weighted by Gasteiger charge is -2.09. The SMILES string of the molecule is CCn1c(COc2cccc(C)c2)nnc1SCC(=O)Nc1ccc(Cl)c(Cl)c1. The largest absolute Gasteiger partial charge is 0.486 e. The van der Waals surface area contributed by atoms with Gasteiger partial charge in [0.2, 0.25) is 5.91 Å². The zero-order valence-corrected chi connectivity index (χ0v) is 18.3. The summed E-state index contributed by atoms with van der Waals surface area (Å²) in [7, 11) is 0. The van der Waals surface area contributed by atoms with Gasteiger partial charge in [-0.25, -0.2) is 0 Å². The Morgan fingerprint density at radius 2 is 2.00 bits per heavy atom. The number of nitrogens with zero attached hydrogens (tertiary/aromatic N) is 3. The molecule has 1 N–H and O–H groups in total. The first-order valence-electron chi connectivity index (χ1n) is 8.95. The molecular weight excluding hydrogens is 431 g/mol. The second-order valence-corrected chi connectivity index (χ2v) is 7.97. The maximum absolute atomic E-state index is 12.2. The number of rotatable bonds is 8. The van der Waals surface area contributed by atoms with Crippen LogP contribution >= 0.6 is 35.0 Å². The molecule has 0 aliphatic rings. The van der Waals surface area contributed by atoms with Gasteiger partial charge in [0.25, 0.3) is 0 Å². The van der Waals surface area contributed by atoms with Crippen molar-refractivity contribution in [1.82, 2.24) is 14.8 Å². The molecular formula is C20H20Cl2N4O2S. The van der Waals surface area contributed by atoms with Gasteiger partial charge in [-0.1, -0.05) is 47.1 Å². The highest BCUT2D eigenvalue weighted by Gasteiger charge is 2.14. The molecule has 1 heterocycles. The van der Waals surface area contributed by atoms with Gasteiger partial charge in [0.15, 0.2) is 11.0 Å². The predicted octanol–water partition coefficient (Wildman–Crippen LogP) is 5.22. The minimum Gasteiger partial charge on any atom is -0.486 e. The third-order valence-electron chi connectivity index (χ3n) is 4.00. The number of carbonyl (C=O) groups is 1. The number of halogens is 2. The maximum atomic E-state index is 12.2. The lowest BCUT2D eigenvalue weighted by molar-refractivity contribution is -0.113. The summed E-state index contributed by atoms with van der Waals surface area (Å²) in [5, 5.41) is 12.7. The average Bonchev–Trinajstić information content (AvgIpc) is 3.09. The van der Waals surface area contributed by atoms with Gasteiger partial charge in [-0.15, -0.1) is 10.2 Å². The van der Waals surface area contributed by atoms with Crippen LogP contribution in [0.3, 0.4) is 0 Å². The molecule has 0 atom stereocenters. The number of ether oxygens (including phenoxy) is 1. The molecule has 0 bridgehead atoms. The lowest BCUT2D eigenvalue weighted by atomic mass is 10.2. The van der Waals surface area contributed by atoms with Crippen LogP contribution in [0.1, 0.15) is 18.3 Å². The van der Waals surface area contributed by atoms with Crippen LogP contribution in [0.4, 0.5) is 5.69 Å². The van der Waals surface area contributed by atoms with E-state index >= 15 is 0 Å². The first-order chi connectivity index (χ1) is 14.0. The first kappa shape index (κ1) is 21.5. The molecule has 1 aromatic heterocycles. The van der Waals surface area contributed by atoms with Crippen molar-refractivity contribution in [3.63, 3.8) is 0 Å². The Morgan fingerprint density at radius 3 is 2.72 bits per heavy atom. The molecule has 0 saturated heterocycles. The van der Waals surface area contributed by atoms with E-state index < -0.39 is 0 Å². The molecule has 0 saturated carbocycles. The van der Waals surface area contributed by atoms with Gasteiger partial charge in [-0.2, -0.15) is 0 Å². The van der Waals surface area contributed by atoms with Crippen LogP contribution in [0.15, 0.2) is 47.6 Å². The zero-order chi connectivity index (χ0) is 20.8. The quantitative estimate of drug-likeness (QED) is 0.476. The molecule has 29 heavy (non-hydrogen) atoms. The van der Waals surface area contributed by atoms with Crippen LogP contribution in [-0.4, -0.2) is 26.4 Å². The second-order valence-electron chi connectivity index (χ2n) is 6.21. The highest BCUT2D eigenvalue weighted by molar-refractivity contribution is 7.99. The van der Waals surface area contributed by atoms with Crippen molar-refractivity contribution < 1.29 is 9.53 Å². The van der Waals surface area contributed by atoms with Gasteiger partial charge in [0, 0.05) is 12.2 Å². The van der Waals surface area contributed by atoms with Crippen molar-refractivity contribution in [1.29, 1.82) is 0 Å². The van der Waals surface area contributed by atoms with Gasteiger partial charge in [-0.05, 0) is 49.7 Å². The van der Waals surface area contributed by atoms with Crippen LogP contribution in [0.5, 0.6) is 5.75 Å². The van der Waals surface area contributed by atoms with Crippen LogP contribution in [0.2, 0.25) is 10.0 Å². The van der Waals surface area contributed by atoms with Gasteiger partial charge in [-0.3, -0.25) is 4.79 Å². The topological polar surface area (TPSA) is 69.0 Å². The number of aromatic nitrogens is 3. The fourth-order valence-corrected chi connectivity index (χ4v) is 3.72. The van der Waals surface area contributed by atoms with Crippen molar-refractivity contribution in [2.45, 2.75) is 32.2 Å². The van der Waals surface area contributed by atoms with Gasteiger partial charge < -0.3 is 14.6 Å². The lowest BCUT2D eigenvalue weighted by Crippen LogP contribution is -2.15. The molecule has 0 spiro atoms. The smallest absolute Gasteiger partial charge is 0.234 e. The monoisotopic (exact) mass is 450 g/mol. The van der Waals surface area contributed by atoms with E-state index in [9.17, 15) is 4.79 Å². The van der Waals surface area contributed by atoms with Crippen molar-refractivity contribution in [3.8, 4) is 5.75 Å². The van der Waals surface area contributed by atoms with E-state index in [1.165, 1.54) is 11.8 Å². The van der Waals surface area contributed by atoms with E-state index in [-0.39, 0.29) is 11.7 Å². The zero-order valence-electron chi connectivity index (χ0n) is 16.0. The summed E-state index contributed by atoms with van der Waals surface area (Å²) in [6.07, 6.45) is 0. The summed E-state index contributed by atoms with van der Waals surface area (Å²) in [5.41, 5.74) is 1.72. The third kappa shape index (κ3) is 5.88. The number of carbonyl (C=O) groups excluding carboxylic acids is 1. The fraction of sp³-hybridized carbons (Fsp3) is 0.250. The van der Waals surface area contributed by atoms with Crippen LogP contribution in [0, 0.1) is 6.92 Å². The highest BCUT2D eigenvalue weighted by atomic mass is 35.5. The van der Waals surface area contributed by atoms with E-state index in [2.05, 4.69) is 15.5 Å². The Hall–Kier alpha value is -2.22. The van der Waals surface area contributed by atoms with E-state index in [1.54, 1.807) is 18.2 Å². The molecule has 3 aromatic rings. The van der Waals surface area contributed by atoms with E-state index in [0.717, 1.165) is 11.3 Å². The summed E-state index contributed by atoms with van der Waals surface area (Å²) < 4.78 is 7.76. The van der Waals surface area contributed by atoms with Gasteiger partial charge in [0.1, 0.15) is 12.4 Å². The number of aryl methyl sites for hydroxylation is 1. The van der Waals surface area contributed by atoms with Crippen LogP contribution in [-0.2, 0) is 17.9 Å². The Labute approximate surface area is 183 Å². The maximum Gasteiger partial charge on any atom is 0.234 e. The number of benzene rings is 2. The first-order valence-corrected chi connectivity index (χ1v) is 10.7. The molecule has 9 heteroatoms. The normalized spacial score (nSPS) is 10.8. The predicted molar refractivity (Wildman–Crippen MR) is 117 cm³/mol.